The van der Waals surface area contributed by atoms with Crippen LogP contribution in [0.5, 0.6) is 0 Å². The Morgan fingerprint density at radius 1 is 0.500 bits per heavy atom. The third-order valence-corrected chi connectivity index (χ3v) is 0. The molecule has 0 rings (SSSR count). The fourth-order valence-corrected chi connectivity index (χ4v) is 0. The number of halogens is 4. The van der Waals surface area contributed by atoms with Crippen LogP contribution in [0.15, 0.2) is 0 Å². The summed E-state index contributed by atoms with van der Waals surface area (Å²) in [6, 6.07) is 0. The van der Waals surface area contributed by atoms with Gasteiger partial charge in [-0.1, -0.05) is 0 Å². The van der Waals surface area contributed by atoms with E-state index in [4.69, 9.17) is 0 Å². The second-order valence-electron chi connectivity index (χ2n) is 0. The van der Waals surface area contributed by atoms with Gasteiger partial charge in [0.25, 0.3) is 0 Å². The molecule has 0 spiro atoms. The predicted octanol–water partition coefficient (Wildman–Crippen LogP) is -1.49. The smallest absolute Gasteiger partial charge is 0.0149 e. The van der Waals surface area contributed by atoms with E-state index in [2.05, 4.69) is 0 Å². The molecule has 0 atom stereocenters. The van der Waals surface area contributed by atoms with E-state index < -0.39 is 0 Å². The summed E-state index contributed by atoms with van der Waals surface area (Å²) in [5, 5.41) is 0. The van der Waals surface area contributed by atoms with Gasteiger partial charge in [-0.05, 0) is 11.0 Å². The summed E-state index contributed by atoms with van der Waals surface area (Å²) < 4.78 is 0. The minimum absolute atomic E-state index is 0. The van der Waals surface area contributed by atoms with Crippen LogP contribution in [0.1, 0.15) is 0 Å². The van der Waals surface area contributed by atoms with Crippen LogP contribution < -0.4 is 0 Å². The van der Waals surface area contributed by atoms with Gasteiger partial charge in [-0.3, -0.25) is 18.8 Å². The van der Waals surface area contributed by atoms with E-state index >= 15 is 0 Å². The van der Waals surface area contributed by atoms with Gasteiger partial charge in [-0.15, -0.1) is 0 Å². The summed E-state index contributed by atoms with van der Waals surface area (Å²) in [7, 11) is 0. The molecule has 0 amide bonds. The molecule has 0 aromatic rings. The van der Waals surface area contributed by atoms with E-state index in [0.29, 0.717) is 0 Å². The summed E-state index contributed by atoms with van der Waals surface area (Å²) in [4.78, 5) is 0. The third kappa shape index (κ3) is 87.2. The summed E-state index contributed by atoms with van der Waals surface area (Å²) in [6.45, 7) is 0. The van der Waals surface area contributed by atoms with Crippen LogP contribution in [0.25, 0.3) is 0 Å². The fourth-order valence-electron chi connectivity index (χ4n) is 0. The first-order valence-corrected chi connectivity index (χ1v) is 0. The summed E-state index contributed by atoms with van der Waals surface area (Å²) in [5.41, 5.74) is 0. The van der Waals surface area contributed by atoms with Gasteiger partial charge in [-0.2, -0.15) is 0 Å². The van der Waals surface area contributed by atoms with Crippen LogP contribution in [0.2, 0.25) is 0 Å². The molecule has 0 aliphatic carbocycles. The Labute approximate surface area is 59.5 Å². The van der Waals surface area contributed by atoms with E-state index in [1.54, 1.807) is 0 Å². The zero-order valence-corrected chi connectivity index (χ0v) is 1.63. The van der Waals surface area contributed by atoms with E-state index in [1.807, 2.05) is 0 Å². The minimum atomic E-state index is 0. The van der Waals surface area contributed by atoms with Crippen molar-refractivity contribution in [1.82, 2.24) is 0 Å². The number of rotatable bonds is 0. The van der Waals surface area contributed by atoms with Gasteiger partial charge >= 0.3 is 29.6 Å². The SMILES string of the molecule is F.F.F.F.[NaH].[SiH4]. The van der Waals surface area contributed by atoms with Crippen molar-refractivity contribution in [3.05, 3.63) is 0 Å². The third-order valence-electron chi connectivity index (χ3n) is 0. The summed E-state index contributed by atoms with van der Waals surface area (Å²) in [6.07, 6.45) is 0. The molecule has 6 heavy (non-hydrogen) atoms. The topological polar surface area (TPSA) is 0 Å². The van der Waals surface area contributed by atoms with Crippen molar-refractivity contribution < 1.29 is 18.8 Å². The molecular formula is H9F4NaSi. The molecule has 0 aliphatic rings. The second kappa shape index (κ2) is 165. The number of hydrogen-bond acceptors (Lipinski definition) is 0. The summed E-state index contributed by atoms with van der Waals surface area (Å²) >= 11 is 0. The molecule has 0 heterocycles. The molecule has 0 aliphatic heterocycles. The maximum absolute atomic E-state index is 0. The van der Waals surface area contributed by atoms with Crippen LogP contribution in [0.4, 0.5) is 18.8 Å². The quantitative estimate of drug-likeness (QED) is 0.281. The molecule has 42 valence electrons. The number of hydrogen-bond donors (Lipinski definition) is 0. The van der Waals surface area contributed by atoms with E-state index in [1.165, 1.54) is 0 Å². The van der Waals surface area contributed by atoms with Gasteiger partial charge in [0.15, 0.2) is 0 Å². The molecule has 0 radical (unpaired) electrons. The zero-order chi connectivity index (χ0) is 0. The average Bonchev–Trinajstić information content (AvgIpc) is 0. The molecule has 6 heteroatoms. The fraction of sp³-hybridized carbons (Fsp3) is 0. The minimum Gasteiger partial charge on any atom is -0.0149 e. The Morgan fingerprint density at radius 3 is 0.500 bits per heavy atom. The summed E-state index contributed by atoms with van der Waals surface area (Å²) in [5.74, 6) is 0. The predicted molar refractivity (Wildman–Crippen MR) is 28.5 cm³/mol. The van der Waals surface area contributed by atoms with Crippen molar-refractivity contribution in [3.8, 4) is 0 Å². The van der Waals surface area contributed by atoms with E-state index in [0.717, 1.165) is 0 Å². The Bertz CT molecular complexity index is 7.51. The van der Waals surface area contributed by atoms with Gasteiger partial charge < -0.3 is 0 Å². The molecule has 0 aromatic carbocycles. The molecule has 0 fully saturated rings. The standard InChI is InChI=1S/4FH.Na.H4Si.H/h4*1H;;1H4;. The largest absolute Gasteiger partial charge is 0.0149 e. The van der Waals surface area contributed by atoms with E-state index in [9.17, 15) is 0 Å². The van der Waals surface area contributed by atoms with Crippen molar-refractivity contribution in [1.29, 1.82) is 0 Å². The van der Waals surface area contributed by atoms with Crippen molar-refractivity contribution >= 4 is 40.5 Å². The Hall–Kier alpha value is 0.937. The van der Waals surface area contributed by atoms with Gasteiger partial charge in [0, 0.05) is 0 Å². The van der Waals surface area contributed by atoms with Crippen molar-refractivity contribution in [3.63, 3.8) is 0 Å². The first kappa shape index (κ1) is 279. The maximum Gasteiger partial charge on any atom is -0.0149 e. The van der Waals surface area contributed by atoms with Crippen LogP contribution in [-0.2, 0) is 0 Å². The first-order chi connectivity index (χ1) is 0. The Kier molecular flexibility index (Phi) is 7650. The molecule has 0 N–H and O–H groups in total. The normalized spacial score (nSPS) is 0. The van der Waals surface area contributed by atoms with Crippen LogP contribution in [0, 0.1) is 0 Å². The molecule has 0 saturated carbocycles. The molecule has 0 saturated heterocycles. The zero-order valence-electron chi connectivity index (χ0n) is 1.63. The van der Waals surface area contributed by atoms with Gasteiger partial charge in [0.05, 0.1) is 0 Å². The van der Waals surface area contributed by atoms with Gasteiger partial charge in [0.1, 0.15) is 0 Å². The van der Waals surface area contributed by atoms with Crippen LogP contribution in [-0.4, -0.2) is 40.5 Å². The van der Waals surface area contributed by atoms with Crippen LogP contribution in [0.3, 0.4) is 0 Å². The first-order valence-electron chi connectivity index (χ1n) is 0. The monoisotopic (exact) mass is 136 g/mol. The molecule has 0 bridgehead atoms. The molecule has 0 unspecified atom stereocenters. The van der Waals surface area contributed by atoms with Gasteiger partial charge in [-0.25, -0.2) is 0 Å². The van der Waals surface area contributed by atoms with Gasteiger partial charge in [0.2, 0.25) is 0 Å². The Balaban J connectivity index is 0. The van der Waals surface area contributed by atoms with Crippen molar-refractivity contribution in [2.75, 3.05) is 0 Å². The molecule has 0 aromatic heterocycles. The maximum atomic E-state index is 0. The molecular weight excluding hydrogens is 127 g/mol. The molecule has 0 nitrogen and oxygen atoms in total. The Morgan fingerprint density at radius 2 is 0.500 bits per heavy atom. The average molecular weight is 136 g/mol. The van der Waals surface area contributed by atoms with Crippen LogP contribution >= 0.6 is 0 Å². The van der Waals surface area contributed by atoms with Crippen molar-refractivity contribution in [2.24, 2.45) is 0 Å². The van der Waals surface area contributed by atoms with E-state index in [-0.39, 0.29) is 59.3 Å². The van der Waals surface area contributed by atoms with Crippen molar-refractivity contribution in [2.45, 2.75) is 0 Å². The second-order valence-corrected chi connectivity index (χ2v) is 0.